The second kappa shape index (κ2) is 20.0. The van der Waals surface area contributed by atoms with Crippen molar-refractivity contribution in [3.63, 3.8) is 0 Å². The maximum absolute atomic E-state index is 12.9. The number of benzene rings is 4. The van der Waals surface area contributed by atoms with Crippen molar-refractivity contribution in [1.82, 2.24) is 0 Å². The molecule has 0 aliphatic carbocycles. The van der Waals surface area contributed by atoms with Crippen molar-refractivity contribution in [3.05, 3.63) is 60.7 Å². The Morgan fingerprint density at radius 2 is 0.696 bits per heavy atom. The smallest absolute Gasteiger partial charge is 0.744 e. The van der Waals surface area contributed by atoms with Gasteiger partial charge in [-0.3, -0.25) is 0 Å². The molecule has 0 heterocycles. The van der Waals surface area contributed by atoms with Crippen LogP contribution in [0.4, 0.5) is 16.2 Å². The molecule has 0 spiro atoms. The zero-order valence-electron chi connectivity index (χ0n) is 25.2. The van der Waals surface area contributed by atoms with E-state index in [-0.39, 0.29) is 210 Å². The van der Waals surface area contributed by atoms with Crippen LogP contribution in [-0.4, -0.2) is 57.9 Å². The summed E-state index contributed by atoms with van der Waals surface area (Å²) in [7, 11) is -20.3. The number of rotatable bonds is 6. The molecule has 0 fully saturated rings. The molecule has 0 atom stereocenters. The Bertz CT molecular complexity index is 2040. The normalized spacial score (nSPS) is 11.2. The molecule has 0 unspecified atom stereocenters. The van der Waals surface area contributed by atoms with Crippen LogP contribution in [0.1, 0.15) is 0 Å². The fourth-order valence-electron chi connectivity index (χ4n) is 3.72. The Balaban J connectivity index is -0.00000308. The Hall–Kier alpha value is 2.31. The van der Waals surface area contributed by atoms with Gasteiger partial charge in [0.25, 0.3) is 0 Å². The van der Waals surface area contributed by atoms with Crippen LogP contribution in [0.5, 0.6) is 0 Å². The summed E-state index contributed by atoms with van der Waals surface area (Å²) in [6.45, 7) is 0. The zero-order valence-corrected chi connectivity index (χ0v) is 40.5. The van der Waals surface area contributed by atoms with Crippen molar-refractivity contribution >= 4 is 79.4 Å². The molecule has 0 aliphatic heterocycles. The third-order valence-corrected chi connectivity index (χ3v) is 8.73. The summed E-state index contributed by atoms with van der Waals surface area (Å²) in [6.07, 6.45) is 0. The summed E-state index contributed by atoms with van der Waals surface area (Å²) in [6, 6.07) is 7.30. The van der Waals surface area contributed by atoms with Crippen LogP contribution >= 0.6 is 0 Å². The number of carbonyl (C=O) groups is 1. The molecular weight excluding hydrogens is 754 g/mol. The number of hydrogen-bond donors (Lipinski definition) is 2. The molecule has 15 nitrogen and oxygen atoms in total. The summed E-state index contributed by atoms with van der Waals surface area (Å²) in [5, 5.41) is 3.95. The minimum Gasteiger partial charge on any atom is -0.744 e. The van der Waals surface area contributed by atoms with E-state index in [4.69, 9.17) is 0 Å². The summed E-state index contributed by atoms with van der Waals surface area (Å²) in [5.74, 6) is 0. The molecule has 4 aromatic carbocycles. The van der Waals surface area contributed by atoms with Gasteiger partial charge in [0.15, 0.2) is 0 Å². The van der Waals surface area contributed by atoms with Crippen LogP contribution < -0.4 is 188 Å². The molecule has 0 saturated heterocycles. The molecule has 2 N–H and O–H groups in total. The van der Waals surface area contributed by atoms with Gasteiger partial charge in [-0.1, -0.05) is 12.1 Å². The molecule has 4 aromatic rings. The fourth-order valence-corrected chi connectivity index (χ4v) is 5.80. The van der Waals surface area contributed by atoms with Gasteiger partial charge in [0.05, 0.1) is 31.0 Å². The average molecular weight is 767 g/mol. The van der Waals surface area contributed by atoms with Crippen LogP contribution in [0, 0.1) is 0 Å². The Morgan fingerprint density at radius 1 is 0.435 bits per heavy atom. The van der Waals surface area contributed by atoms with E-state index in [9.17, 15) is 56.7 Å². The monoisotopic (exact) mass is 766 g/mol. The molecule has 0 aromatic heterocycles. The van der Waals surface area contributed by atoms with Gasteiger partial charge in [-0.2, -0.15) is 0 Å². The Labute approximate surface area is 396 Å². The maximum Gasteiger partial charge on any atom is 1.00 e. The second-order valence-electron chi connectivity index (χ2n) is 8.10. The maximum atomic E-state index is 12.9. The van der Waals surface area contributed by atoms with Crippen LogP contribution in [0.15, 0.2) is 80.2 Å². The van der Waals surface area contributed by atoms with Crippen molar-refractivity contribution in [1.29, 1.82) is 0 Å². The van der Waals surface area contributed by atoms with E-state index in [1.165, 1.54) is 0 Å². The fraction of sp³-hybridized carbons (Fsp3) is 0. The van der Waals surface area contributed by atoms with Gasteiger partial charge in [-0.05, 0) is 59.3 Å². The van der Waals surface area contributed by atoms with E-state index in [1.54, 1.807) is 0 Å². The molecule has 212 valence electrons. The average Bonchev–Trinajstić information content (AvgIpc) is 2.80. The van der Waals surface area contributed by atoms with Gasteiger partial charge in [0, 0.05) is 10.8 Å². The Kier molecular flexibility index (Phi) is 22.8. The minimum absolute atomic E-state index is 0. The Morgan fingerprint density at radius 3 is 0.957 bits per heavy atom. The number of urea groups is 1. The summed E-state index contributed by atoms with van der Waals surface area (Å²) in [4.78, 5) is 9.58. The van der Waals surface area contributed by atoms with Gasteiger partial charge < -0.3 is 28.8 Å². The summed E-state index contributed by atoms with van der Waals surface area (Å²) < 4.78 is 138. The SMILES string of the molecule is O=C(Nc1cc(S(=O)(=O)[O-])cc2cc(S(=O)(=O)[O-])ccc12)Nc1cc(S(=O)(=O)[O-])cc2cc(S(=O)(=O)[O-])ccc12.[Na+].[Na+].[Na+].[Na+].[Na+].[Na+]. The van der Waals surface area contributed by atoms with Gasteiger partial charge in [-0.15, -0.1) is 0 Å². The van der Waals surface area contributed by atoms with Crippen LogP contribution in [0.3, 0.4) is 0 Å². The zero-order chi connectivity index (χ0) is 29.8. The molecule has 2 amide bonds. The van der Waals surface area contributed by atoms with E-state index in [1.807, 2.05) is 0 Å². The molecule has 0 radical (unpaired) electrons. The number of hydrogen-bond acceptors (Lipinski definition) is 13. The number of anilines is 2. The van der Waals surface area contributed by atoms with Crippen molar-refractivity contribution in [2.24, 2.45) is 0 Å². The predicted molar refractivity (Wildman–Crippen MR) is 132 cm³/mol. The number of nitrogens with one attached hydrogen (secondary N) is 2. The van der Waals surface area contributed by atoms with E-state index >= 15 is 0 Å². The van der Waals surface area contributed by atoms with Gasteiger partial charge in [-0.25, -0.2) is 38.5 Å². The second-order valence-corrected chi connectivity index (χ2v) is 13.6. The molecule has 0 saturated carbocycles. The number of amides is 2. The first-order chi connectivity index (χ1) is 18.2. The van der Waals surface area contributed by atoms with Crippen molar-refractivity contribution < 1.29 is 234 Å². The van der Waals surface area contributed by atoms with E-state index in [0.717, 1.165) is 60.7 Å². The van der Waals surface area contributed by atoms with Crippen LogP contribution in [-0.2, 0) is 40.5 Å². The standard InChI is InChI=1S/C21H16N2O13S4.6Na/c24-21(22-19-9-15(39(31,32)33)7-11-5-13(37(25,26)27)1-3-17(11)19)23-20-10-16(40(34,35)36)8-12-6-14(38(28,29)30)2-4-18(12)20;;;;;;/h1-10H,(H2,22,23,24)(H,25,26,27)(H,28,29,30)(H,31,32,33)(H,34,35,36);;;;;;/q;6*+1/p-4. The van der Waals surface area contributed by atoms with Gasteiger partial charge >= 0.3 is 183 Å². The molecule has 0 bridgehead atoms. The third-order valence-electron chi connectivity index (χ3n) is 5.45. The van der Waals surface area contributed by atoms with Crippen molar-refractivity contribution in [2.45, 2.75) is 19.6 Å². The van der Waals surface area contributed by atoms with Crippen LogP contribution in [0.25, 0.3) is 21.5 Å². The van der Waals surface area contributed by atoms with Crippen molar-refractivity contribution in [3.8, 4) is 0 Å². The molecular formula is C21H12N2Na6O13S4+2. The van der Waals surface area contributed by atoms with Gasteiger partial charge in [0.2, 0.25) is 0 Å². The van der Waals surface area contributed by atoms with E-state index in [0.29, 0.717) is 0 Å². The molecule has 4 rings (SSSR count). The quantitative estimate of drug-likeness (QED) is 0.137. The first kappa shape index (κ1) is 52.7. The number of carbonyl (C=O) groups excluding carboxylic acids is 1. The molecule has 0 aliphatic rings. The minimum atomic E-state index is -5.15. The third kappa shape index (κ3) is 13.4. The molecule has 25 heteroatoms. The first-order valence-corrected chi connectivity index (χ1v) is 15.9. The van der Waals surface area contributed by atoms with E-state index in [2.05, 4.69) is 10.6 Å². The predicted octanol–water partition coefficient (Wildman–Crippen LogP) is -16.7. The number of fused-ring (bicyclic) bond motifs is 2. The molecule has 46 heavy (non-hydrogen) atoms. The summed E-state index contributed by atoms with van der Waals surface area (Å²) >= 11 is 0. The van der Waals surface area contributed by atoms with Crippen LogP contribution in [0.2, 0.25) is 0 Å². The largest absolute Gasteiger partial charge is 1.00 e. The van der Waals surface area contributed by atoms with E-state index < -0.39 is 66.1 Å². The topological polar surface area (TPSA) is 270 Å². The first-order valence-electron chi connectivity index (χ1n) is 10.3. The van der Waals surface area contributed by atoms with Gasteiger partial charge in [0.1, 0.15) is 40.5 Å². The van der Waals surface area contributed by atoms with Crippen molar-refractivity contribution in [2.75, 3.05) is 10.6 Å². The summed E-state index contributed by atoms with van der Waals surface area (Å²) in [5.41, 5.74) is -0.702.